The lowest BCUT2D eigenvalue weighted by Crippen LogP contribution is -2.33. The third-order valence-electron chi connectivity index (χ3n) is 4.33. The topological polar surface area (TPSA) is 85.5 Å². The van der Waals surface area contributed by atoms with Crippen LogP contribution in [0.5, 0.6) is 5.75 Å². The molecule has 0 spiro atoms. The van der Waals surface area contributed by atoms with E-state index >= 15 is 0 Å². The van der Waals surface area contributed by atoms with E-state index in [9.17, 15) is 14.4 Å². The molecule has 6 heteroatoms. The van der Waals surface area contributed by atoms with E-state index in [0.29, 0.717) is 22.6 Å². The van der Waals surface area contributed by atoms with E-state index in [-0.39, 0.29) is 17.3 Å². The maximum atomic E-state index is 12.7. The lowest BCUT2D eigenvalue weighted by atomic mass is 10.0. The summed E-state index contributed by atoms with van der Waals surface area (Å²) in [4.78, 5) is 39.6. The Bertz CT molecular complexity index is 881. The highest BCUT2D eigenvalue weighted by atomic mass is 16.6. The molecule has 0 amide bonds. The zero-order valence-corrected chi connectivity index (χ0v) is 16.5. The molecular weight excluding hydrogens is 346 g/mol. The molecule has 144 valence electrons. The Balaban J connectivity index is 2.06. The molecule has 1 N–H and O–H groups in total. The fourth-order valence-electron chi connectivity index (χ4n) is 2.99. The molecule has 1 aromatic heterocycles. The highest BCUT2D eigenvalue weighted by Crippen LogP contribution is 2.21. The Hall–Kier alpha value is -2.89. The number of aromatic amines is 1. The summed E-state index contributed by atoms with van der Waals surface area (Å²) in [7, 11) is 0. The van der Waals surface area contributed by atoms with Gasteiger partial charge in [-0.25, -0.2) is 4.79 Å². The highest BCUT2D eigenvalue weighted by Gasteiger charge is 2.28. The van der Waals surface area contributed by atoms with Crippen molar-refractivity contribution in [1.29, 1.82) is 0 Å². The van der Waals surface area contributed by atoms with Crippen LogP contribution in [-0.2, 0) is 9.53 Å². The third-order valence-corrected chi connectivity index (χ3v) is 4.33. The van der Waals surface area contributed by atoms with Gasteiger partial charge in [0, 0.05) is 11.3 Å². The molecule has 0 aliphatic heterocycles. The van der Waals surface area contributed by atoms with E-state index in [1.807, 2.05) is 25.1 Å². The van der Waals surface area contributed by atoms with Gasteiger partial charge in [-0.3, -0.25) is 9.59 Å². The number of Topliss-reactive ketones (excluding diaryl/α,β-unsaturated/α-hetero) is 2. The van der Waals surface area contributed by atoms with E-state index in [4.69, 9.17) is 9.47 Å². The Labute approximate surface area is 158 Å². The minimum Gasteiger partial charge on any atom is -0.479 e. The summed E-state index contributed by atoms with van der Waals surface area (Å²) in [6, 6.07) is 7.32. The number of ether oxygens (including phenoxy) is 2. The number of H-pyrrole nitrogens is 1. The molecule has 0 unspecified atom stereocenters. The number of carbonyl (C=O) groups is 3. The summed E-state index contributed by atoms with van der Waals surface area (Å²) >= 11 is 0. The summed E-state index contributed by atoms with van der Waals surface area (Å²) < 4.78 is 10.9. The number of benzene rings is 1. The van der Waals surface area contributed by atoms with Crippen molar-refractivity contribution in [3.63, 3.8) is 0 Å². The molecule has 27 heavy (non-hydrogen) atoms. The molecule has 0 bridgehead atoms. The standard InChI is InChI=1S/C21H25NO5/c1-11-8-7-9-17(10-11)26-16(6)21(25)27-15(5)20(24)19-12(2)18(14(4)23)13(3)22-19/h7-10,15-16,22H,1-6H3/t15-,16-/m0/s1. The van der Waals surface area contributed by atoms with E-state index in [2.05, 4.69) is 4.98 Å². The van der Waals surface area contributed by atoms with Gasteiger partial charge in [0.1, 0.15) is 5.75 Å². The zero-order chi connectivity index (χ0) is 20.3. The van der Waals surface area contributed by atoms with Gasteiger partial charge in [0.05, 0.1) is 5.69 Å². The zero-order valence-electron chi connectivity index (χ0n) is 16.5. The maximum absolute atomic E-state index is 12.7. The highest BCUT2D eigenvalue weighted by molar-refractivity contribution is 6.05. The summed E-state index contributed by atoms with van der Waals surface area (Å²) in [5.41, 5.74) is 2.98. The van der Waals surface area contributed by atoms with Crippen molar-refractivity contribution in [3.8, 4) is 5.75 Å². The molecule has 0 saturated carbocycles. The second-order valence-electron chi connectivity index (χ2n) is 6.70. The molecule has 2 atom stereocenters. The second-order valence-corrected chi connectivity index (χ2v) is 6.70. The molecule has 6 nitrogen and oxygen atoms in total. The number of carbonyl (C=O) groups excluding carboxylic acids is 3. The fraction of sp³-hybridized carbons (Fsp3) is 0.381. The van der Waals surface area contributed by atoms with Crippen LogP contribution in [0, 0.1) is 20.8 Å². The Morgan fingerprint density at radius 1 is 1.04 bits per heavy atom. The number of hydrogen-bond donors (Lipinski definition) is 1. The lowest BCUT2D eigenvalue weighted by molar-refractivity contribution is -0.153. The van der Waals surface area contributed by atoms with Gasteiger partial charge in [0.25, 0.3) is 0 Å². The smallest absolute Gasteiger partial charge is 0.347 e. The predicted molar refractivity (Wildman–Crippen MR) is 101 cm³/mol. The van der Waals surface area contributed by atoms with Crippen molar-refractivity contribution in [2.45, 2.75) is 53.8 Å². The average Bonchev–Trinajstić information content (AvgIpc) is 2.88. The first-order valence-corrected chi connectivity index (χ1v) is 8.80. The van der Waals surface area contributed by atoms with Gasteiger partial charge in [0.15, 0.2) is 18.0 Å². The van der Waals surface area contributed by atoms with E-state index < -0.39 is 18.2 Å². The van der Waals surface area contributed by atoms with Gasteiger partial charge >= 0.3 is 5.97 Å². The molecular formula is C21H25NO5. The second kappa shape index (κ2) is 8.20. The number of esters is 1. The number of aromatic nitrogens is 1. The van der Waals surface area contributed by atoms with Gasteiger partial charge < -0.3 is 14.5 Å². The number of ketones is 2. The third kappa shape index (κ3) is 4.64. The lowest BCUT2D eigenvalue weighted by Gasteiger charge is -2.17. The molecule has 1 aromatic carbocycles. The van der Waals surface area contributed by atoms with Crippen molar-refractivity contribution in [3.05, 3.63) is 52.3 Å². The monoisotopic (exact) mass is 371 g/mol. The number of hydrogen-bond acceptors (Lipinski definition) is 5. The van der Waals surface area contributed by atoms with Gasteiger partial charge in [-0.05, 0) is 64.8 Å². The summed E-state index contributed by atoms with van der Waals surface area (Å²) in [5, 5.41) is 0. The van der Waals surface area contributed by atoms with Crippen LogP contribution in [0.3, 0.4) is 0 Å². The van der Waals surface area contributed by atoms with Gasteiger partial charge in [0.2, 0.25) is 5.78 Å². The van der Waals surface area contributed by atoms with E-state index in [1.165, 1.54) is 13.8 Å². The van der Waals surface area contributed by atoms with E-state index in [1.54, 1.807) is 26.8 Å². The van der Waals surface area contributed by atoms with Crippen LogP contribution in [0.1, 0.15) is 58.4 Å². The molecule has 0 radical (unpaired) electrons. The van der Waals surface area contributed by atoms with Gasteiger partial charge in [-0.15, -0.1) is 0 Å². The van der Waals surface area contributed by atoms with Gasteiger partial charge in [-0.2, -0.15) is 0 Å². The van der Waals surface area contributed by atoms with Crippen LogP contribution in [-0.4, -0.2) is 34.7 Å². The minimum atomic E-state index is -1.00. The van der Waals surface area contributed by atoms with Crippen molar-refractivity contribution in [1.82, 2.24) is 4.98 Å². The largest absolute Gasteiger partial charge is 0.479 e. The summed E-state index contributed by atoms with van der Waals surface area (Å²) in [6.45, 7) is 9.88. The molecule has 2 rings (SSSR count). The Morgan fingerprint density at radius 3 is 2.26 bits per heavy atom. The van der Waals surface area contributed by atoms with Crippen LogP contribution >= 0.6 is 0 Å². The van der Waals surface area contributed by atoms with Crippen LogP contribution in [0.4, 0.5) is 0 Å². The molecule has 0 aliphatic carbocycles. The van der Waals surface area contributed by atoms with E-state index in [0.717, 1.165) is 5.56 Å². The summed E-state index contributed by atoms with van der Waals surface area (Å²) in [5.74, 6) is -0.588. The van der Waals surface area contributed by atoms with Crippen molar-refractivity contribution in [2.75, 3.05) is 0 Å². The number of nitrogens with one attached hydrogen (secondary N) is 1. The van der Waals surface area contributed by atoms with Crippen molar-refractivity contribution < 1.29 is 23.9 Å². The Morgan fingerprint density at radius 2 is 1.70 bits per heavy atom. The minimum absolute atomic E-state index is 0.120. The molecule has 0 saturated heterocycles. The first-order chi connectivity index (χ1) is 12.6. The van der Waals surface area contributed by atoms with Crippen LogP contribution in [0.25, 0.3) is 0 Å². The van der Waals surface area contributed by atoms with Crippen LogP contribution < -0.4 is 4.74 Å². The van der Waals surface area contributed by atoms with Crippen molar-refractivity contribution >= 4 is 17.5 Å². The fourth-order valence-corrected chi connectivity index (χ4v) is 2.99. The van der Waals surface area contributed by atoms with Crippen LogP contribution in [0.2, 0.25) is 0 Å². The molecule has 2 aromatic rings. The average molecular weight is 371 g/mol. The first-order valence-electron chi connectivity index (χ1n) is 8.80. The normalized spacial score (nSPS) is 13.0. The predicted octanol–water partition coefficient (Wildman–Crippen LogP) is 3.72. The molecule has 1 heterocycles. The van der Waals surface area contributed by atoms with Crippen LogP contribution in [0.15, 0.2) is 24.3 Å². The molecule has 0 fully saturated rings. The quantitative estimate of drug-likeness (QED) is 0.592. The Kier molecular flexibility index (Phi) is 6.20. The maximum Gasteiger partial charge on any atom is 0.347 e. The van der Waals surface area contributed by atoms with Gasteiger partial charge in [-0.1, -0.05) is 12.1 Å². The SMILES string of the molecule is CC(=O)c1c(C)[nH]c(C(=O)[C@H](C)OC(=O)[C@H](C)Oc2cccc(C)c2)c1C. The summed E-state index contributed by atoms with van der Waals surface area (Å²) in [6.07, 6.45) is -1.86. The number of aryl methyl sites for hydroxylation is 2. The number of rotatable bonds is 7. The first kappa shape index (κ1) is 20.4. The molecule has 0 aliphatic rings. The van der Waals surface area contributed by atoms with Crippen molar-refractivity contribution in [2.24, 2.45) is 0 Å².